The largest absolute Gasteiger partial charge is 0.331 e. The number of nitrogens with one attached hydrogen (secondary N) is 2. The second-order valence-electron chi connectivity index (χ2n) is 6.89. The van der Waals surface area contributed by atoms with Gasteiger partial charge in [-0.3, -0.25) is 5.43 Å². The van der Waals surface area contributed by atoms with Gasteiger partial charge in [-0.15, -0.1) is 11.3 Å². The Labute approximate surface area is 157 Å². The van der Waals surface area contributed by atoms with Crippen molar-refractivity contribution in [2.24, 2.45) is 5.10 Å². The molecule has 1 aliphatic heterocycles. The fourth-order valence-electron chi connectivity index (χ4n) is 3.46. The van der Waals surface area contributed by atoms with Gasteiger partial charge in [0.2, 0.25) is 0 Å². The van der Waals surface area contributed by atoms with Crippen LogP contribution in [0.25, 0.3) is 10.2 Å². The van der Waals surface area contributed by atoms with Crippen LogP contribution in [0.15, 0.2) is 41.8 Å². The molecule has 0 bridgehead atoms. The molecule has 2 N–H and O–H groups in total. The molecule has 6 heteroatoms. The van der Waals surface area contributed by atoms with Gasteiger partial charge in [-0.2, -0.15) is 5.10 Å². The van der Waals surface area contributed by atoms with Crippen LogP contribution in [0.5, 0.6) is 0 Å². The van der Waals surface area contributed by atoms with Crippen molar-refractivity contribution in [1.29, 1.82) is 0 Å². The average Bonchev–Trinajstić information content (AvgIpc) is 2.97. The number of rotatable bonds is 4. The summed E-state index contributed by atoms with van der Waals surface area (Å²) in [7, 11) is 0. The lowest BCUT2D eigenvalue weighted by molar-refractivity contribution is -0.914. The number of aromatic nitrogens is 2. The zero-order chi connectivity index (χ0) is 17.9. The molecule has 5 nitrogen and oxygen atoms in total. The van der Waals surface area contributed by atoms with E-state index < -0.39 is 0 Å². The van der Waals surface area contributed by atoms with E-state index in [0.717, 1.165) is 48.5 Å². The summed E-state index contributed by atoms with van der Waals surface area (Å²) in [6.07, 6.45) is 3.68. The van der Waals surface area contributed by atoms with Gasteiger partial charge in [0.05, 0.1) is 18.5 Å². The van der Waals surface area contributed by atoms with Gasteiger partial charge in [-0.25, -0.2) is 9.97 Å². The maximum atomic E-state index is 4.66. The van der Waals surface area contributed by atoms with Crippen LogP contribution in [0, 0.1) is 13.8 Å². The molecule has 0 radical (unpaired) electrons. The molecule has 1 fully saturated rings. The number of anilines is 1. The zero-order valence-electron chi connectivity index (χ0n) is 15.2. The minimum Gasteiger partial charge on any atom is -0.331 e. The predicted molar refractivity (Wildman–Crippen MR) is 108 cm³/mol. The number of likely N-dealkylation sites (tertiary alicyclic amines) is 1. The zero-order valence-corrected chi connectivity index (χ0v) is 16.1. The molecule has 0 aliphatic carbocycles. The molecule has 0 amide bonds. The van der Waals surface area contributed by atoms with Gasteiger partial charge in [-0.05, 0) is 19.4 Å². The van der Waals surface area contributed by atoms with E-state index in [-0.39, 0.29) is 0 Å². The summed E-state index contributed by atoms with van der Waals surface area (Å²) in [5.41, 5.74) is 7.10. The van der Waals surface area contributed by atoms with E-state index in [1.165, 1.54) is 21.7 Å². The lowest BCUT2D eigenvalue weighted by Gasteiger charge is -2.24. The third-order valence-corrected chi connectivity index (χ3v) is 6.23. The van der Waals surface area contributed by atoms with Crippen LogP contribution in [-0.4, -0.2) is 28.8 Å². The SMILES string of the molecule is Cc1sc2ncnc(NN=C3CC[NH+](Cc4ccccc4)CC3)c2c1C. The van der Waals surface area contributed by atoms with E-state index in [4.69, 9.17) is 0 Å². The average molecular weight is 367 g/mol. The molecule has 26 heavy (non-hydrogen) atoms. The fraction of sp³-hybridized carbons (Fsp3) is 0.350. The Kier molecular flexibility index (Phi) is 4.95. The summed E-state index contributed by atoms with van der Waals surface area (Å²) in [4.78, 5) is 12.7. The topological polar surface area (TPSA) is 54.6 Å². The summed E-state index contributed by atoms with van der Waals surface area (Å²) < 4.78 is 0. The lowest BCUT2D eigenvalue weighted by atomic mass is 10.1. The Bertz CT molecular complexity index is 922. The van der Waals surface area contributed by atoms with Crippen molar-refractivity contribution in [3.8, 4) is 0 Å². The van der Waals surface area contributed by atoms with E-state index in [0.29, 0.717) is 0 Å². The van der Waals surface area contributed by atoms with Gasteiger partial charge >= 0.3 is 0 Å². The van der Waals surface area contributed by atoms with E-state index in [2.05, 4.69) is 64.7 Å². The molecule has 0 atom stereocenters. The third kappa shape index (κ3) is 3.61. The molecule has 0 unspecified atom stereocenters. The highest BCUT2D eigenvalue weighted by Crippen LogP contribution is 2.32. The second kappa shape index (κ2) is 7.51. The molecule has 4 rings (SSSR count). The van der Waals surface area contributed by atoms with E-state index in [9.17, 15) is 0 Å². The van der Waals surface area contributed by atoms with Crippen LogP contribution in [0.3, 0.4) is 0 Å². The van der Waals surface area contributed by atoms with Crippen LogP contribution in [-0.2, 0) is 6.54 Å². The summed E-state index contributed by atoms with van der Waals surface area (Å²) in [5.74, 6) is 0.823. The highest BCUT2D eigenvalue weighted by molar-refractivity contribution is 7.18. The molecule has 1 aromatic carbocycles. The van der Waals surface area contributed by atoms with Gasteiger partial charge in [-0.1, -0.05) is 30.3 Å². The number of thiophene rings is 1. The number of hydrogen-bond acceptors (Lipinski definition) is 5. The van der Waals surface area contributed by atoms with Gasteiger partial charge in [0, 0.05) is 29.0 Å². The lowest BCUT2D eigenvalue weighted by Crippen LogP contribution is -3.11. The highest BCUT2D eigenvalue weighted by atomic mass is 32.1. The normalized spacial score (nSPS) is 17.5. The first kappa shape index (κ1) is 17.1. The van der Waals surface area contributed by atoms with Crippen LogP contribution in [0.1, 0.15) is 28.8 Å². The first-order chi connectivity index (χ1) is 12.7. The molecule has 1 aliphatic rings. The van der Waals surface area contributed by atoms with Gasteiger partial charge in [0.1, 0.15) is 17.7 Å². The number of piperidine rings is 1. The minimum atomic E-state index is 0.823. The molecule has 1 saturated heterocycles. The van der Waals surface area contributed by atoms with Crippen molar-refractivity contribution < 1.29 is 4.90 Å². The Morgan fingerprint density at radius 2 is 1.88 bits per heavy atom. The maximum absolute atomic E-state index is 4.66. The summed E-state index contributed by atoms with van der Waals surface area (Å²) >= 11 is 1.71. The van der Waals surface area contributed by atoms with E-state index in [1.807, 2.05) is 0 Å². The Balaban J connectivity index is 1.40. The number of hydrazone groups is 1. The van der Waals surface area contributed by atoms with Gasteiger partial charge < -0.3 is 4.90 Å². The van der Waals surface area contributed by atoms with Gasteiger partial charge in [0.15, 0.2) is 5.82 Å². The Morgan fingerprint density at radius 1 is 1.12 bits per heavy atom. The molecule has 2 aromatic heterocycles. The monoisotopic (exact) mass is 366 g/mol. The quantitative estimate of drug-likeness (QED) is 0.698. The van der Waals surface area contributed by atoms with E-state index >= 15 is 0 Å². The summed E-state index contributed by atoms with van der Waals surface area (Å²) in [6.45, 7) is 7.61. The first-order valence-electron chi connectivity index (χ1n) is 9.10. The number of nitrogens with zero attached hydrogens (tertiary/aromatic N) is 3. The third-order valence-electron chi connectivity index (χ3n) is 5.12. The van der Waals surface area contributed by atoms with Crippen molar-refractivity contribution in [2.45, 2.75) is 33.2 Å². The molecular formula is C20H24N5S+. The van der Waals surface area contributed by atoms with Crippen molar-refractivity contribution in [2.75, 3.05) is 18.5 Å². The molecule has 3 aromatic rings. The highest BCUT2D eigenvalue weighted by Gasteiger charge is 2.19. The van der Waals surface area contributed by atoms with Crippen molar-refractivity contribution >= 4 is 33.1 Å². The summed E-state index contributed by atoms with van der Waals surface area (Å²) in [5, 5.41) is 5.77. The predicted octanol–water partition coefficient (Wildman–Crippen LogP) is 2.95. The summed E-state index contributed by atoms with van der Waals surface area (Å²) in [6, 6.07) is 10.7. The van der Waals surface area contributed by atoms with Crippen LogP contribution in [0.2, 0.25) is 0 Å². The molecule has 0 saturated carbocycles. The molecule has 0 spiro atoms. The molecule has 134 valence electrons. The molecular weight excluding hydrogens is 342 g/mol. The van der Waals surface area contributed by atoms with Gasteiger partial charge in [0.25, 0.3) is 0 Å². The smallest absolute Gasteiger partial charge is 0.158 e. The minimum absolute atomic E-state index is 0.823. The van der Waals surface area contributed by atoms with Crippen LogP contribution < -0.4 is 10.3 Å². The molecule has 3 heterocycles. The Hall–Kier alpha value is -2.31. The van der Waals surface area contributed by atoms with Crippen LogP contribution >= 0.6 is 11.3 Å². The Morgan fingerprint density at radius 3 is 2.65 bits per heavy atom. The van der Waals surface area contributed by atoms with E-state index in [1.54, 1.807) is 22.6 Å². The standard InChI is InChI=1S/C20H23N5S/c1-14-15(2)26-20-18(14)19(21-13-22-20)24-23-17-8-10-25(11-9-17)12-16-6-4-3-5-7-16/h3-7,13H,8-12H2,1-2H3,(H,21,22,24)/p+1. The van der Waals surface area contributed by atoms with Crippen molar-refractivity contribution in [3.05, 3.63) is 52.7 Å². The number of fused-ring (bicyclic) bond motifs is 1. The first-order valence-corrected chi connectivity index (χ1v) is 9.92. The number of quaternary nitrogens is 1. The number of hydrogen-bond donors (Lipinski definition) is 2. The fourth-order valence-corrected chi connectivity index (χ4v) is 4.46. The van der Waals surface area contributed by atoms with Crippen LogP contribution in [0.4, 0.5) is 5.82 Å². The number of aryl methyl sites for hydroxylation is 2. The second-order valence-corrected chi connectivity index (χ2v) is 8.09. The maximum Gasteiger partial charge on any atom is 0.158 e. The van der Waals surface area contributed by atoms with Crippen molar-refractivity contribution in [1.82, 2.24) is 9.97 Å². The number of benzene rings is 1. The van der Waals surface area contributed by atoms with Crippen molar-refractivity contribution in [3.63, 3.8) is 0 Å².